The van der Waals surface area contributed by atoms with Gasteiger partial charge in [0.2, 0.25) is 5.91 Å². The summed E-state index contributed by atoms with van der Waals surface area (Å²) in [5.41, 5.74) is 2.82. The second-order valence-corrected chi connectivity index (χ2v) is 7.96. The summed E-state index contributed by atoms with van der Waals surface area (Å²) in [6.07, 6.45) is 8.21. The van der Waals surface area contributed by atoms with Gasteiger partial charge in [-0.15, -0.1) is 0 Å². The number of carbonyl (C=O) groups excluding carboxylic acids is 1. The van der Waals surface area contributed by atoms with Crippen molar-refractivity contribution in [3.63, 3.8) is 0 Å². The van der Waals surface area contributed by atoms with Crippen LogP contribution in [0.5, 0.6) is 0 Å². The van der Waals surface area contributed by atoms with E-state index in [0.29, 0.717) is 18.4 Å². The van der Waals surface area contributed by atoms with Gasteiger partial charge in [-0.25, -0.2) is 4.98 Å². The number of likely N-dealkylation sites (tertiary alicyclic amines) is 1. The average Bonchev–Trinajstić information content (AvgIpc) is 2.99. The zero-order chi connectivity index (χ0) is 20.4. The molecule has 1 aliphatic heterocycles. The first-order chi connectivity index (χ1) is 14.1. The second-order valence-electron chi connectivity index (χ2n) is 7.96. The van der Waals surface area contributed by atoms with Gasteiger partial charge in [0.05, 0.1) is 23.3 Å². The van der Waals surface area contributed by atoms with E-state index in [1.807, 2.05) is 43.3 Å². The third-order valence-corrected chi connectivity index (χ3v) is 6.02. The summed E-state index contributed by atoms with van der Waals surface area (Å²) >= 11 is 0. The molecule has 1 amide bonds. The number of carbonyl (C=O) groups is 1. The number of hydrogen-bond acceptors (Lipinski definition) is 3. The number of rotatable bonds is 4. The van der Waals surface area contributed by atoms with E-state index in [1.165, 1.54) is 5.69 Å². The van der Waals surface area contributed by atoms with Crippen LogP contribution in [0.2, 0.25) is 0 Å². The maximum atomic E-state index is 13.2. The van der Waals surface area contributed by atoms with E-state index < -0.39 is 0 Å². The lowest BCUT2D eigenvalue weighted by molar-refractivity contribution is -0.134. The highest BCUT2D eigenvalue weighted by molar-refractivity contribution is 5.80. The molecule has 0 saturated carbocycles. The molecular formula is C23H28N4O2. The van der Waals surface area contributed by atoms with Crippen LogP contribution in [0, 0.1) is 6.92 Å². The van der Waals surface area contributed by atoms with Crippen molar-refractivity contribution in [2.75, 3.05) is 6.54 Å². The summed E-state index contributed by atoms with van der Waals surface area (Å²) < 4.78 is 3.67. The molecule has 1 unspecified atom stereocenters. The first-order valence-corrected chi connectivity index (χ1v) is 10.4. The van der Waals surface area contributed by atoms with Crippen molar-refractivity contribution in [1.82, 2.24) is 19.0 Å². The van der Waals surface area contributed by atoms with Crippen molar-refractivity contribution in [2.24, 2.45) is 7.05 Å². The summed E-state index contributed by atoms with van der Waals surface area (Å²) in [4.78, 5) is 32.4. The minimum atomic E-state index is -0.0821. The SMILES string of the molecule is Cc1cccc2c(=O)n(CCC(=O)N3CCCCCC3c3cccn3C)cnc12. The Labute approximate surface area is 170 Å². The van der Waals surface area contributed by atoms with Gasteiger partial charge in [0, 0.05) is 38.4 Å². The van der Waals surface area contributed by atoms with Crippen molar-refractivity contribution in [1.29, 1.82) is 0 Å². The van der Waals surface area contributed by atoms with Gasteiger partial charge in [-0.3, -0.25) is 14.2 Å². The van der Waals surface area contributed by atoms with Crippen molar-refractivity contribution in [3.8, 4) is 0 Å². The average molecular weight is 393 g/mol. The van der Waals surface area contributed by atoms with Crippen molar-refractivity contribution >= 4 is 16.8 Å². The predicted molar refractivity (Wildman–Crippen MR) is 114 cm³/mol. The van der Waals surface area contributed by atoms with Crippen LogP contribution in [0.15, 0.2) is 47.7 Å². The number of benzene rings is 1. The highest BCUT2D eigenvalue weighted by Gasteiger charge is 2.28. The lowest BCUT2D eigenvalue weighted by Crippen LogP contribution is -2.36. The molecule has 0 aliphatic carbocycles. The molecule has 6 nitrogen and oxygen atoms in total. The van der Waals surface area contributed by atoms with Crippen molar-refractivity contribution in [3.05, 3.63) is 64.5 Å². The van der Waals surface area contributed by atoms with Gasteiger partial charge in [-0.05, 0) is 43.5 Å². The Morgan fingerprint density at radius 3 is 2.83 bits per heavy atom. The van der Waals surface area contributed by atoms with Gasteiger partial charge in [-0.2, -0.15) is 0 Å². The zero-order valence-electron chi connectivity index (χ0n) is 17.2. The van der Waals surface area contributed by atoms with Crippen LogP contribution >= 0.6 is 0 Å². The van der Waals surface area contributed by atoms with Crippen LogP contribution in [0.1, 0.15) is 49.4 Å². The molecule has 0 N–H and O–H groups in total. The Kier molecular flexibility index (Phi) is 5.51. The maximum Gasteiger partial charge on any atom is 0.261 e. The van der Waals surface area contributed by atoms with Gasteiger partial charge in [0.25, 0.3) is 5.56 Å². The first-order valence-electron chi connectivity index (χ1n) is 10.4. The third kappa shape index (κ3) is 3.84. The van der Waals surface area contributed by atoms with Gasteiger partial charge in [-0.1, -0.05) is 25.0 Å². The molecule has 0 spiro atoms. The van der Waals surface area contributed by atoms with E-state index in [1.54, 1.807) is 17.0 Å². The smallest absolute Gasteiger partial charge is 0.261 e. The molecule has 1 saturated heterocycles. The van der Waals surface area contributed by atoms with E-state index in [9.17, 15) is 9.59 Å². The Balaban J connectivity index is 1.54. The lowest BCUT2D eigenvalue weighted by atomic mass is 10.1. The summed E-state index contributed by atoms with van der Waals surface area (Å²) in [6.45, 7) is 3.08. The molecule has 3 aromatic rings. The molecule has 29 heavy (non-hydrogen) atoms. The van der Waals surface area contributed by atoms with Crippen molar-refractivity contribution < 1.29 is 4.79 Å². The number of fused-ring (bicyclic) bond motifs is 1. The minimum absolute atomic E-state index is 0.0821. The van der Waals surface area contributed by atoms with Crippen molar-refractivity contribution in [2.45, 2.75) is 51.6 Å². The minimum Gasteiger partial charge on any atom is -0.353 e. The molecule has 1 aromatic carbocycles. The van der Waals surface area contributed by atoms with Gasteiger partial charge in [0.15, 0.2) is 0 Å². The van der Waals surface area contributed by atoms with Crippen LogP contribution in [-0.4, -0.2) is 31.5 Å². The number of hydrogen-bond donors (Lipinski definition) is 0. The Morgan fingerprint density at radius 2 is 2.03 bits per heavy atom. The molecule has 6 heteroatoms. The highest BCUT2D eigenvalue weighted by atomic mass is 16.2. The molecule has 1 atom stereocenters. The molecular weight excluding hydrogens is 364 g/mol. The standard InChI is InChI=1S/C23H28N4O2/c1-17-8-6-9-18-22(17)24-16-26(23(18)29)15-12-21(28)27-14-5-3-4-10-20(27)19-11-7-13-25(19)2/h6-9,11,13,16,20H,3-5,10,12,14-15H2,1-2H3. The highest BCUT2D eigenvalue weighted by Crippen LogP contribution is 2.30. The lowest BCUT2D eigenvalue weighted by Gasteiger charge is -2.31. The number of aryl methyl sites for hydroxylation is 3. The van der Waals surface area contributed by atoms with Crippen LogP contribution in [0.4, 0.5) is 0 Å². The molecule has 1 fully saturated rings. The summed E-state index contributed by atoms with van der Waals surface area (Å²) in [6, 6.07) is 9.88. The van der Waals surface area contributed by atoms with Gasteiger partial charge in [0.1, 0.15) is 0 Å². The van der Waals surface area contributed by atoms with E-state index >= 15 is 0 Å². The number of nitrogens with zero attached hydrogens (tertiary/aromatic N) is 4. The molecule has 3 heterocycles. The zero-order valence-corrected chi connectivity index (χ0v) is 17.2. The third-order valence-electron chi connectivity index (χ3n) is 6.02. The molecule has 2 aromatic heterocycles. The fraction of sp³-hybridized carbons (Fsp3) is 0.435. The molecule has 1 aliphatic rings. The molecule has 4 rings (SSSR count). The number of amides is 1. The van der Waals surface area contributed by atoms with E-state index in [2.05, 4.69) is 15.6 Å². The van der Waals surface area contributed by atoms with E-state index in [0.717, 1.165) is 43.3 Å². The number of para-hydroxylation sites is 1. The van der Waals surface area contributed by atoms with E-state index in [-0.39, 0.29) is 17.5 Å². The largest absolute Gasteiger partial charge is 0.353 e. The topological polar surface area (TPSA) is 60.1 Å². The summed E-state index contributed by atoms with van der Waals surface area (Å²) in [7, 11) is 2.03. The monoisotopic (exact) mass is 392 g/mol. The molecule has 0 bridgehead atoms. The fourth-order valence-electron chi connectivity index (χ4n) is 4.39. The van der Waals surface area contributed by atoms with Gasteiger partial charge >= 0.3 is 0 Å². The summed E-state index contributed by atoms with van der Waals surface area (Å²) in [5, 5.41) is 0.608. The molecule has 152 valence electrons. The Bertz CT molecular complexity index is 1080. The molecule has 0 radical (unpaired) electrons. The summed E-state index contributed by atoms with van der Waals surface area (Å²) in [5.74, 6) is 0.106. The van der Waals surface area contributed by atoms with E-state index in [4.69, 9.17) is 0 Å². The fourth-order valence-corrected chi connectivity index (χ4v) is 4.39. The normalized spacial score (nSPS) is 17.4. The van der Waals surface area contributed by atoms with Crippen LogP contribution < -0.4 is 5.56 Å². The number of aromatic nitrogens is 3. The maximum absolute atomic E-state index is 13.2. The first kappa shape index (κ1) is 19.4. The van der Waals surface area contributed by atoms with Gasteiger partial charge < -0.3 is 9.47 Å². The Morgan fingerprint density at radius 1 is 1.17 bits per heavy atom. The predicted octanol–water partition coefficient (Wildman–Crippen LogP) is 3.58. The Hall–Kier alpha value is -2.89. The quantitative estimate of drug-likeness (QED) is 0.682. The van der Waals surface area contributed by atoms with Crippen LogP contribution in [0.3, 0.4) is 0 Å². The second kappa shape index (κ2) is 8.23. The van der Waals surface area contributed by atoms with Crippen LogP contribution in [-0.2, 0) is 18.4 Å². The van der Waals surface area contributed by atoms with Crippen LogP contribution in [0.25, 0.3) is 10.9 Å².